The first-order chi connectivity index (χ1) is 41.1. The zero-order valence-corrected chi connectivity index (χ0v) is 51.6. The molecule has 1 heterocycles. The number of aliphatic hydroxyl groups is 2. The quantitative estimate of drug-likeness (QED) is 0.0337. The molecule has 0 spiro atoms. The van der Waals surface area contributed by atoms with Crippen LogP contribution in [-0.2, 0) is 68.7 Å². The summed E-state index contributed by atoms with van der Waals surface area (Å²) >= 11 is 0. The van der Waals surface area contributed by atoms with Crippen LogP contribution in [0.25, 0.3) is 0 Å². The SMILES string of the molecule is CCC(C)OC(=O)C(C)CC(=O)N[C@@H](CCN)C(=O)C[C@H](C(=O)N[C@@H](CCN)C(=O)C[C@H]1CCNC(=O)[C@H](C(C)O)NC(=O)[C@H](CCN)CC(=O)[C@H](CCN)NC(=O)[C@H](CC(C)C)NC(=O)[C@@H](Cc2ccccc2)NC(=O)[C@H](CCN)NC1=O)C(C)O. The minimum absolute atomic E-state index is 0.0634. The molecular formula is C59H99N13O15. The number of rotatable bonds is 30. The summed E-state index contributed by atoms with van der Waals surface area (Å²) in [6.45, 7) is 10.1. The molecule has 87 heavy (non-hydrogen) atoms. The first-order valence-corrected chi connectivity index (χ1v) is 30.2. The molecule has 1 aliphatic rings. The second-order valence-electron chi connectivity index (χ2n) is 23.0. The number of nitrogens with two attached hydrogens (primary N) is 5. The van der Waals surface area contributed by atoms with Gasteiger partial charge in [0.1, 0.15) is 24.2 Å². The maximum absolute atomic E-state index is 14.6. The van der Waals surface area contributed by atoms with E-state index < -0.39 is 175 Å². The van der Waals surface area contributed by atoms with Crippen molar-refractivity contribution in [2.45, 2.75) is 193 Å². The molecular weight excluding hydrogens is 1130 g/mol. The molecule has 0 bridgehead atoms. The molecule has 20 N–H and O–H groups in total. The highest BCUT2D eigenvalue weighted by molar-refractivity contribution is 5.99. The third-order valence-electron chi connectivity index (χ3n) is 15.0. The molecule has 0 radical (unpaired) electrons. The van der Waals surface area contributed by atoms with Gasteiger partial charge in [0.2, 0.25) is 47.3 Å². The molecule has 1 aromatic rings. The second-order valence-corrected chi connectivity index (χ2v) is 23.0. The van der Waals surface area contributed by atoms with Gasteiger partial charge in [0.05, 0.1) is 48.3 Å². The van der Waals surface area contributed by atoms with E-state index >= 15 is 0 Å². The summed E-state index contributed by atoms with van der Waals surface area (Å²) in [6, 6.07) is -1.12. The van der Waals surface area contributed by atoms with E-state index in [0.717, 1.165) is 0 Å². The van der Waals surface area contributed by atoms with Crippen LogP contribution in [0.15, 0.2) is 30.3 Å². The second kappa shape index (κ2) is 39.9. The summed E-state index contributed by atoms with van der Waals surface area (Å²) in [6.07, 6.45) is -6.04. The number of ether oxygens (including phenoxy) is 1. The van der Waals surface area contributed by atoms with Crippen molar-refractivity contribution in [1.29, 1.82) is 0 Å². The van der Waals surface area contributed by atoms with Crippen LogP contribution in [0.1, 0.15) is 131 Å². The normalized spacial score (nSPS) is 23.1. The van der Waals surface area contributed by atoms with Gasteiger partial charge in [-0.2, -0.15) is 0 Å². The van der Waals surface area contributed by atoms with Gasteiger partial charge in [-0.05, 0) is 116 Å². The van der Waals surface area contributed by atoms with Crippen molar-refractivity contribution in [3.8, 4) is 0 Å². The number of benzene rings is 1. The Bertz CT molecular complexity index is 2430. The van der Waals surface area contributed by atoms with Gasteiger partial charge in [-0.15, -0.1) is 0 Å². The van der Waals surface area contributed by atoms with Gasteiger partial charge in [-0.25, -0.2) is 0 Å². The molecule has 28 heteroatoms. The van der Waals surface area contributed by atoms with Gasteiger partial charge in [0, 0.05) is 50.5 Å². The summed E-state index contributed by atoms with van der Waals surface area (Å²) in [4.78, 5) is 167. The highest BCUT2D eigenvalue weighted by Gasteiger charge is 2.38. The van der Waals surface area contributed by atoms with Crippen molar-refractivity contribution < 1.29 is 72.5 Å². The van der Waals surface area contributed by atoms with Crippen LogP contribution in [0.5, 0.6) is 0 Å². The maximum atomic E-state index is 14.6. The van der Waals surface area contributed by atoms with Crippen molar-refractivity contribution in [3.05, 3.63) is 35.9 Å². The number of amides is 8. The maximum Gasteiger partial charge on any atom is 0.309 e. The number of ketones is 3. The summed E-state index contributed by atoms with van der Waals surface area (Å²) in [5.41, 5.74) is 30.1. The minimum atomic E-state index is -1.64. The van der Waals surface area contributed by atoms with E-state index in [-0.39, 0.29) is 103 Å². The Morgan fingerprint density at radius 1 is 0.621 bits per heavy atom. The number of aliphatic hydroxyl groups excluding tert-OH is 2. The number of nitrogens with one attached hydrogen (secondary N) is 8. The van der Waals surface area contributed by atoms with Crippen molar-refractivity contribution >= 4 is 70.6 Å². The van der Waals surface area contributed by atoms with Gasteiger partial charge in [0.25, 0.3) is 0 Å². The molecule has 1 fully saturated rings. The molecule has 0 aromatic heterocycles. The monoisotopic (exact) mass is 1230 g/mol. The molecule has 0 saturated carbocycles. The van der Waals surface area contributed by atoms with Crippen LogP contribution in [0.3, 0.4) is 0 Å². The molecule has 1 aliphatic heterocycles. The molecule has 4 unspecified atom stereocenters. The Kier molecular flexibility index (Phi) is 35.0. The van der Waals surface area contributed by atoms with Gasteiger partial charge < -0.3 is 86.2 Å². The Hall–Kier alpha value is -6.82. The van der Waals surface area contributed by atoms with Gasteiger partial charge in [0.15, 0.2) is 17.3 Å². The summed E-state index contributed by atoms with van der Waals surface area (Å²) in [5.74, 6) is -14.7. The zero-order valence-electron chi connectivity index (χ0n) is 51.6. The predicted molar refractivity (Wildman–Crippen MR) is 321 cm³/mol. The fraction of sp³-hybridized carbons (Fsp3) is 0.695. The van der Waals surface area contributed by atoms with E-state index in [1.54, 1.807) is 51.1 Å². The van der Waals surface area contributed by atoms with E-state index in [4.69, 9.17) is 33.4 Å². The first kappa shape index (κ1) is 76.3. The molecule has 1 aromatic carbocycles. The molecule has 1 saturated heterocycles. The first-order valence-electron chi connectivity index (χ1n) is 30.2. The topological polar surface area (TPSA) is 481 Å². The summed E-state index contributed by atoms with van der Waals surface area (Å²) in [5, 5.41) is 42.6. The largest absolute Gasteiger partial charge is 0.462 e. The molecule has 0 aliphatic carbocycles. The Morgan fingerprint density at radius 3 is 1.72 bits per heavy atom. The number of esters is 1. The van der Waals surface area contributed by atoms with Crippen molar-refractivity contribution in [1.82, 2.24) is 42.5 Å². The van der Waals surface area contributed by atoms with Crippen molar-refractivity contribution in [3.63, 3.8) is 0 Å². The van der Waals surface area contributed by atoms with Crippen LogP contribution in [0, 0.1) is 29.6 Å². The number of hydrogen-bond donors (Lipinski definition) is 15. The van der Waals surface area contributed by atoms with E-state index in [2.05, 4.69) is 42.5 Å². The lowest BCUT2D eigenvalue weighted by molar-refractivity contribution is -0.154. The summed E-state index contributed by atoms with van der Waals surface area (Å²) < 4.78 is 5.32. The zero-order chi connectivity index (χ0) is 65.5. The average Bonchev–Trinajstić information content (AvgIpc) is 3.67. The standard InChI is InChI=1S/C59H99N13O15/c1-8-34(5)87-59(86)33(4)27-50(78)66-41(15-21-61)49(77)31-40(35(6)73)54(81)67-42(16-22-62)48(76)30-39-19-25-65-58(85)51(36(7)74)72-53(80)38(14-20-60)29-47(75)43(17-23-63)68-56(83)45(26-32(2)3)70-57(84)46(28-37-12-10-9-11-13-37)71-55(82)44(18-24-64)69-52(39)79/h9-13,32-36,38-46,51,73-74H,8,14-31,60-64H2,1-7H3,(H,65,85)(H,66,78)(H,67,81)(H,68,83)(H,69,79)(H,70,84)(H,71,82)(H,72,80)/t33?,34?,35?,36?,38-,39-,40+,41+,42+,43+,44+,45+,46-,51+/m1/s1. The fourth-order valence-electron chi connectivity index (χ4n) is 9.66. The summed E-state index contributed by atoms with van der Waals surface area (Å²) in [7, 11) is 0. The van der Waals surface area contributed by atoms with Crippen molar-refractivity contribution in [2.75, 3.05) is 39.3 Å². The lowest BCUT2D eigenvalue weighted by Gasteiger charge is -2.28. The average molecular weight is 1230 g/mol. The molecule has 14 atom stereocenters. The predicted octanol–water partition coefficient (Wildman–Crippen LogP) is -3.21. The Labute approximate surface area is 510 Å². The lowest BCUT2D eigenvalue weighted by Crippen LogP contribution is -2.59. The van der Waals surface area contributed by atoms with Gasteiger partial charge in [-0.1, -0.05) is 58.0 Å². The minimum Gasteiger partial charge on any atom is -0.462 e. The number of carbonyl (C=O) groups is 12. The van der Waals surface area contributed by atoms with Crippen LogP contribution < -0.4 is 71.2 Å². The van der Waals surface area contributed by atoms with E-state index in [1.807, 2.05) is 6.92 Å². The lowest BCUT2D eigenvalue weighted by atomic mass is 9.90. The van der Waals surface area contributed by atoms with Crippen LogP contribution >= 0.6 is 0 Å². The third kappa shape index (κ3) is 27.0. The smallest absolute Gasteiger partial charge is 0.309 e. The Morgan fingerprint density at radius 2 is 1.16 bits per heavy atom. The van der Waals surface area contributed by atoms with Crippen LogP contribution in [0.4, 0.5) is 0 Å². The molecule has 490 valence electrons. The van der Waals surface area contributed by atoms with Gasteiger partial charge in [-0.3, -0.25) is 57.5 Å². The van der Waals surface area contributed by atoms with E-state index in [1.165, 1.54) is 20.8 Å². The van der Waals surface area contributed by atoms with E-state index in [9.17, 15) is 67.7 Å². The van der Waals surface area contributed by atoms with Crippen molar-refractivity contribution in [2.24, 2.45) is 58.3 Å². The fourth-order valence-corrected chi connectivity index (χ4v) is 9.66. The molecule has 2 rings (SSSR count). The number of Topliss-reactive ketones (excluding diaryl/α,β-unsaturated/α-hetero) is 3. The highest BCUT2D eigenvalue weighted by atomic mass is 16.5. The van der Waals surface area contributed by atoms with E-state index in [0.29, 0.717) is 12.0 Å². The number of hydrogen-bond acceptors (Lipinski definition) is 20. The van der Waals surface area contributed by atoms with Gasteiger partial charge >= 0.3 is 5.97 Å². The third-order valence-corrected chi connectivity index (χ3v) is 15.0. The van der Waals surface area contributed by atoms with Crippen LogP contribution in [0.2, 0.25) is 0 Å². The highest BCUT2D eigenvalue weighted by Crippen LogP contribution is 2.20. The molecule has 28 nitrogen and oxygen atoms in total. The number of carbonyl (C=O) groups excluding carboxylic acids is 12. The molecule has 8 amide bonds. The van der Waals surface area contributed by atoms with Crippen LogP contribution in [-0.4, -0.2) is 181 Å². The Balaban J connectivity index is 2.68.